The molecule has 1 unspecified atom stereocenters. The van der Waals surface area contributed by atoms with E-state index in [1.807, 2.05) is 25.1 Å². The smallest absolute Gasteiger partial charge is 0.416 e. The summed E-state index contributed by atoms with van der Waals surface area (Å²) in [6, 6.07) is 5.70. The third kappa shape index (κ3) is 6.49. The van der Waals surface area contributed by atoms with E-state index in [1.54, 1.807) is 11.8 Å². The quantitative estimate of drug-likeness (QED) is 0.338. The Morgan fingerprint density at radius 2 is 2.06 bits per heavy atom. The molecule has 0 saturated carbocycles. The first-order valence-corrected chi connectivity index (χ1v) is 12.8. The van der Waals surface area contributed by atoms with E-state index in [0.717, 1.165) is 61.5 Å². The average molecular weight is 523 g/mol. The lowest BCUT2D eigenvalue weighted by Gasteiger charge is -2.24. The number of carbonyl (C=O) groups is 1. The van der Waals surface area contributed by atoms with Crippen molar-refractivity contribution in [2.24, 2.45) is 0 Å². The molecule has 0 spiro atoms. The second kappa shape index (κ2) is 11.1. The van der Waals surface area contributed by atoms with Gasteiger partial charge in [-0.1, -0.05) is 43.5 Å². The first-order valence-electron chi connectivity index (χ1n) is 11.9. The first-order chi connectivity index (χ1) is 16.9. The lowest BCUT2D eigenvalue weighted by Crippen LogP contribution is -2.37. The highest BCUT2D eigenvalue weighted by Crippen LogP contribution is 2.39. The van der Waals surface area contributed by atoms with Crippen molar-refractivity contribution in [2.75, 3.05) is 18.0 Å². The van der Waals surface area contributed by atoms with Gasteiger partial charge in [-0.15, -0.1) is 0 Å². The van der Waals surface area contributed by atoms with Gasteiger partial charge in [-0.3, -0.25) is 0 Å². The standard InChI is InChI=1S/C27H33F3N2O3S/c1-6-19(27(28,29)30)10-8-17(3)24-31-21(7-2)23(36-24)13-15-32-14-12-18-9-11-20(16-22(18)32)35-26(4,5)25(33)34/h6,8-11,16,24,31H,1,7,12-15H2,2-5H3,(H,33,34)/b17-8+,19-10+. The van der Waals surface area contributed by atoms with E-state index in [1.165, 1.54) is 30.4 Å². The topological polar surface area (TPSA) is 61.8 Å². The van der Waals surface area contributed by atoms with Crippen LogP contribution in [0, 0.1) is 0 Å². The van der Waals surface area contributed by atoms with Crippen molar-refractivity contribution in [2.45, 2.75) is 64.1 Å². The van der Waals surface area contributed by atoms with E-state index in [0.29, 0.717) is 5.75 Å². The molecule has 0 radical (unpaired) electrons. The van der Waals surface area contributed by atoms with Gasteiger partial charge in [-0.25, -0.2) is 4.79 Å². The fraction of sp³-hybridized carbons (Fsp3) is 0.444. The highest BCUT2D eigenvalue weighted by atomic mass is 32.2. The number of fused-ring (bicyclic) bond motifs is 1. The van der Waals surface area contributed by atoms with Crippen LogP contribution < -0.4 is 15.0 Å². The average Bonchev–Trinajstić information content (AvgIpc) is 3.40. The number of alkyl halides is 3. The fourth-order valence-electron chi connectivity index (χ4n) is 4.08. The zero-order valence-electron chi connectivity index (χ0n) is 21.0. The van der Waals surface area contributed by atoms with Crippen molar-refractivity contribution in [3.05, 3.63) is 70.3 Å². The van der Waals surface area contributed by atoms with Gasteiger partial charge in [-0.2, -0.15) is 13.2 Å². The minimum absolute atomic E-state index is 0.116. The molecule has 9 heteroatoms. The van der Waals surface area contributed by atoms with Crippen molar-refractivity contribution < 1.29 is 27.8 Å². The number of halogens is 3. The zero-order valence-corrected chi connectivity index (χ0v) is 21.9. The van der Waals surface area contributed by atoms with Crippen molar-refractivity contribution >= 4 is 23.4 Å². The normalized spacial score (nSPS) is 18.9. The molecule has 0 aromatic heterocycles. The SMILES string of the molecule is C=C/C(=C\C=C(/C)C1NC(CC)=C(CCN2CCc3ccc(OC(C)(C)C(=O)O)cc32)S1)C(F)(F)F. The van der Waals surface area contributed by atoms with Crippen LogP contribution in [0.25, 0.3) is 0 Å². The highest BCUT2D eigenvalue weighted by molar-refractivity contribution is 8.04. The maximum absolute atomic E-state index is 13.0. The van der Waals surface area contributed by atoms with E-state index < -0.39 is 23.3 Å². The molecule has 2 heterocycles. The second-order valence-corrected chi connectivity index (χ2v) is 10.5. The van der Waals surface area contributed by atoms with Gasteiger partial charge in [-0.05, 0) is 63.3 Å². The number of nitrogens with one attached hydrogen (secondary N) is 1. The number of carboxylic acid groups (broad SMARTS) is 1. The minimum Gasteiger partial charge on any atom is -0.478 e. The number of aliphatic carboxylic acids is 1. The van der Waals surface area contributed by atoms with Crippen LogP contribution in [0.2, 0.25) is 0 Å². The molecule has 0 fully saturated rings. The van der Waals surface area contributed by atoms with E-state index in [4.69, 9.17) is 4.74 Å². The number of anilines is 1. The summed E-state index contributed by atoms with van der Waals surface area (Å²) in [5, 5.41) is 12.7. The van der Waals surface area contributed by atoms with Gasteiger partial charge >= 0.3 is 12.1 Å². The van der Waals surface area contributed by atoms with Crippen LogP contribution in [-0.2, 0) is 11.2 Å². The van der Waals surface area contributed by atoms with Crippen molar-refractivity contribution in [3.8, 4) is 5.75 Å². The van der Waals surface area contributed by atoms with Crippen molar-refractivity contribution in [1.82, 2.24) is 5.32 Å². The number of thioether (sulfide) groups is 1. The Hall–Kier alpha value is -2.81. The minimum atomic E-state index is -4.42. The van der Waals surface area contributed by atoms with Crippen molar-refractivity contribution in [1.29, 1.82) is 0 Å². The molecule has 2 aliphatic heterocycles. The number of hydrogen-bond acceptors (Lipinski definition) is 5. The maximum atomic E-state index is 13.0. The molecule has 5 nitrogen and oxygen atoms in total. The van der Waals surface area contributed by atoms with Gasteiger partial charge in [0.2, 0.25) is 0 Å². The summed E-state index contributed by atoms with van der Waals surface area (Å²) in [6.07, 6.45) is 1.49. The number of ether oxygens (including phenoxy) is 1. The van der Waals surface area contributed by atoms with Gasteiger partial charge in [0.1, 0.15) is 5.75 Å². The molecule has 1 aromatic carbocycles. The van der Waals surface area contributed by atoms with Gasteiger partial charge in [0.05, 0.1) is 10.9 Å². The lowest BCUT2D eigenvalue weighted by molar-refractivity contribution is -0.152. The predicted octanol–water partition coefficient (Wildman–Crippen LogP) is 6.59. The Morgan fingerprint density at radius 3 is 2.67 bits per heavy atom. The van der Waals surface area contributed by atoms with E-state index in [9.17, 15) is 23.1 Å². The molecule has 0 saturated heterocycles. The number of allylic oxidation sites excluding steroid dienone is 5. The molecule has 36 heavy (non-hydrogen) atoms. The Bertz CT molecular complexity index is 1110. The van der Waals surface area contributed by atoms with Crippen LogP contribution in [0.5, 0.6) is 5.75 Å². The van der Waals surface area contributed by atoms with Crippen LogP contribution in [-0.4, -0.2) is 41.3 Å². The summed E-state index contributed by atoms with van der Waals surface area (Å²) >= 11 is 1.64. The van der Waals surface area contributed by atoms with Gasteiger partial charge < -0.3 is 20.1 Å². The molecule has 0 amide bonds. The van der Waals surface area contributed by atoms with E-state index >= 15 is 0 Å². The van der Waals surface area contributed by atoms with Crippen LogP contribution in [0.1, 0.15) is 46.1 Å². The summed E-state index contributed by atoms with van der Waals surface area (Å²) in [5.41, 5.74) is 2.07. The molecule has 1 aromatic rings. The Balaban J connectivity index is 1.67. The van der Waals surface area contributed by atoms with Crippen molar-refractivity contribution in [3.63, 3.8) is 0 Å². The second-order valence-electron chi connectivity index (χ2n) is 9.33. The number of carboxylic acids is 1. The summed E-state index contributed by atoms with van der Waals surface area (Å²) in [4.78, 5) is 14.9. The third-order valence-corrected chi connectivity index (χ3v) is 7.75. The molecule has 2 N–H and O–H groups in total. The van der Waals surface area contributed by atoms with Crippen LogP contribution in [0.4, 0.5) is 18.9 Å². The lowest BCUT2D eigenvalue weighted by atomic mass is 10.1. The fourth-order valence-corrected chi connectivity index (χ4v) is 5.38. The highest BCUT2D eigenvalue weighted by Gasteiger charge is 2.32. The number of rotatable bonds is 10. The molecule has 196 valence electrons. The zero-order chi connectivity index (χ0) is 26.7. The molecular formula is C27H33F3N2O3S. The third-order valence-electron chi connectivity index (χ3n) is 6.29. The monoisotopic (exact) mass is 522 g/mol. The Labute approximate surface area is 214 Å². The molecule has 3 rings (SSSR count). The molecule has 1 atom stereocenters. The number of benzene rings is 1. The largest absolute Gasteiger partial charge is 0.478 e. The summed E-state index contributed by atoms with van der Waals surface area (Å²) in [7, 11) is 0. The van der Waals surface area contributed by atoms with Gasteiger partial charge in [0.25, 0.3) is 0 Å². The first kappa shape index (κ1) is 27.8. The predicted molar refractivity (Wildman–Crippen MR) is 139 cm³/mol. The van der Waals surface area contributed by atoms with Gasteiger partial charge in [0, 0.05) is 35.4 Å². The van der Waals surface area contributed by atoms with Crippen LogP contribution in [0.3, 0.4) is 0 Å². The Kier molecular flexibility index (Phi) is 8.54. The summed E-state index contributed by atoms with van der Waals surface area (Å²) in [6.45, 7) is 11.8. The molecule has 2 aliphatic rings. The van der Waals surface area contributed by atoms with E-state index in [2.05, 4.69) is 23.7 Å². The molecular weight excluding hydrogens is 489 g/mol. The van der Waals surface area contributed by atoms with E-state index in [-0.39, 0.29) is 5.37 Å². The van der Waals surface area contributed by atoms with Crippen LogP contribution >= 0.6 is 11.8 Å². The van der Waals surface area contributed by atoms with Gasteiger partial charge in [0.15, 0.2) is 5.60 Å². The molecule has 0 aliphatic carbocycles. The van der Waals surface area contributed by atoms with Crippen LogP contribution in [0.15, 0.2) is 64.8 Å². The summed E-state index contributed by atoms with van der Waals surface area (Å²) in [5.74, 6) is -0.511. The molecule has 0 bridgehead atoms. The maximum Gasteiger partial charge on any atom is 0.416 e. The Morgan fingerprint density at radius 1 is 1.33 bits per heavy atom. The number of nitrogens with zero attached hydrogens (tertiary/aromatic N) is 1. The summed E-state index contributed by atoms with van der Waals surface area (Å²) < 4.78 is 44.7. The number of hydrogen-bond donors (Lipinski definition) is 2.